The molecule has 1 amide bonds. The minimum Gasteiger partial charge on any atom is -0.444 e. The number of aliphatic hydroxyl groups excluding tert-OH is 1. The molecule has 2 aromatic rings. The summed E-state index contributed by atoms with van der Waals surface area (Å²) in [7, 11) is 0. The van der Waals surface area contributed by atoms with Gasteiger partial charge in [-0.3, -0.25) is 5.10 Å². The topological polar surface area (TPSA) is 140 Å². The Labute approximate surface area is 150 Å². The van der Waals surface area contributed by atoms with Gasteiger partial charge < -0.3 is 20.1 Å². The highest BCUT2D eigenvalue weighted by molar-refractivity contribution is 5.91. The van der Waals surface area contributed by atoms with Gasteiger partial charge >= 0.3 is 6.09 Å². The molecule has 1 saturated heterocycles. The first kappa shape index (κ1) is 17.9. The van der Waals surface area contributed by atoms with Crippen LogP contribution in [0.2, 0.25) is 0 Å². The van der Waals surface area contributed by atoms with Gasteiger partial charge in [-0.2, -0.15) is 10.4 Å². The van der Waals surface area contributed by atoms with Gasteiger partial charge in [-0.15, -0.1) is 0 Å². The maximum absolute atomic E-state index is 12.1. The number of aliphatic hydroxyl groups is 1. The van der Waals surface area contributed by atoms with E-state index in [0.29, 0.717) is 36.4 Å². The second kappa shape index (κ2) is 6.42. The summed E-state index contributed by atoms with van der Waals surface area (Å²) in [5.74, 6) is 0.543. The van der Waals surface area contributed by atoms with E-state index in [1.807, 2.05) is 11.0 Å². The number of carbonyl (C=O) groups is 1. The Kier molecular flexibility index (Phi) is 4.41. The number of ether oxygens (including phenoxy) is 1. The average Bonchev–Trinajstić information content (AvgIpc) is 3.17. The summed E-state index contributed by atoms with van der Waals surface area (Å²) in [6, 6.07) is 2.04. The summed E-state index contributed by atoms with van der Waals surface area (Å²) in [4.78, 5) is 22.4. The van der Waals surface area contributed by atoms with Gasteiger partial charge in [0, 0.05) is 13.1 Å². The Bertz CT molecular complexity index is 867. The van der Waals surface area contributed by atoms with Crippen molar-refractivity contribution in [1.29, 1.82) is 5.26 Å². The van der Waals surface area contributed by atoms with E-state index in [-0.39, 0.29) is 12.3 Å². The Morgan fingerprint density at radius 2 is 2.31 bits per heavy atom. The molecule has 0 bridgehead atoms. The van der Waals surface area contributed by atoms with Crippen molar-refractivity contribution in [2.24, 2.45) is 0 Å². The van der Waals surface area contributed by atoms with Gasteiger partial charge in [-0.05, 0) is 27.2 Å². The molecular formula is C16H21N7O3. The van der Waals surface area contributed by atoms with Gasteiger partial charge in [0.1, 0.15) is 29.5 Å². The van der Waals surface area contributed by atoms with E-state index < -0.39 is 17.2 Å². The van der Waals surface area contributed by atoms with Crippen LogP contribution in [0.5, 0.6) is 0 Å². The molecule has 1 fully saturated rings. The molecule has 0 radical (unpaired) electrons. The number of anilines is 1. The molecular weight excluding hydrogens is 338 g/mol. The van der Waals surface area contributed by atoms with Crippen LogP contribution in [0.3, 0.4) is 0 Å². The number of carbonyl (C=O) groups excluding carboxylic acids is 1. The third-order valence-electron chi connectivity index (χ3n) is 4.16. The largest absolute Gasteiger partial charge is 0.444 e. The third-order valence-corrected chi connectivity index (χ3v) is 4.16. The SMILES string of the molecule is CC(C)(C)OC(=O)NC1(CO)CCN(c2ncnc3n[nH]c(C#N)c23)C1. The Hall–Kier alpha value is -2.93. The zero-order valence-corrected chi connectivity index (χ0v) is 14.9. The summed E-state index contributed by atoms with van der Waals surface area (Å²) in [6.45, 7) is 5.95. The smallest absolute Gasteiger partial charge is 0.408 e. The van der Waals surface area contributed by atoms with Crippen molar-refractivity contribution in [1.82, 2.24) is 25.5 Å². The predicted octanol–water partition coefficient (Wildman–Crippen LogP) is 0.690. The first-order valence-corrected chi connectivity index (χ1v) is 8.23. The van der Waals surface area contributed by atoms with Crippen molar-refractivity contribution in [3.63, 3.8) is 0 Å². The van der Waals surface area contributed by atoms with E-state index in [9.17, 15) is 15.2 Å². The predicted molar refractivity (Wildman–Crippen MR) is 92.4 cm³/mol. The molecule has 1 aliphatic rings. The fourth-order valence-electron chi connectivity index (χ4n) is 3.01. The lowest BCUT2D eigenvalue weighted by Gasteiger charge is -2.30. The molecule has 10 heteroatoms. The lowest BCUT2D eigenvalue weighted by Crippen LogP contribution is -2.54. The lowest BCUT2D eigenvalue weighted by atomic mass is 10.0. The van der Waals surface area contributed by atoms with E-state index in [2.05, 4.69) is 25.5 Å². The molecule has 0 saturated carbocycles. The molecule has 26 heavy (non-hydrogen) atoms. The maximum Gasteiger partial charge on any atom is 0.408 e. The number of rotatable bonds is 3. The minimum absolute atomic E-state index is 0.243. The second-order valence-corrected chi connectivity index (χ2v) is 7.34. The van der Waals surface area contributed by atoms with Gasteiger partial charge in [0.25, 0.3) is 0 Å². The first-order valence-electron chi connectivity index (χ1n) is 8.23. The number of nitrogens with one attached hydrogen (secondary N) is 2. The van der Waals surface area contributed by atoms with Crippen LogP contribution in [0.4, 0.5) is 10.6 Å². The van der Waals surface area contributed by atoms with Crippen LogP contribution in [0.25, 0.3) is 11.0 Å². The van der Waals surface area contributed by atoms with Crippen molar-refractivity contribution in [3.05, 3.63) is 12.0 Å². The van der Waals surface area contributed by atoms with E-state index in [1.54, 1.807) is 20.8 Å². The third kappa shape index (κ3) is 3.39. The van der Waals surface area contributed by atoms with Gasteiger partial charge in [0.2, 0.25) is 0 Å². The number of amides is 1. The van der Waals surface area contributed by atoms with E-state index in [0.717, 1.165) is 0 Å². The van der Waals surface area contributed by atoms with Crippen molar-refractivity contribution in [2.45, 2.75) is 38.3 Å². The van der Waals surface area contributed by atoms with Crippen molar-refractivity contribution in [3.8, 4) is 6.07 Å². The lowest BCUT2D eigenvalue weighted by molar-refractivity contribution is 0.0417. The van der Waals surface area contributed by atoms with Gasteiger partial charge in [0.15, 0.2) is 5.65 Å². The summed E-state index contributed by atoms with van der Waals surface area (Å²) < 4.78 is 5.30. The molecule has 2 aromatic heterocycles. The molecule has 10 nitrogen and oxygen atoms in total. The van der Waals surface area contributed by atoms with Crippen LogP contribution in [0.15, 0.2) is 6.33 Å². The van der Waals surface area contributed by atoms with E-state index >= 15 is 0 Å². The number of nitriles is 1. The van der Waals surface area contributed by atoms with Crippen LogP contribution in [-0.4, -0.2) is 62.2 Å². The van der Waals surface area contributed by atoms with Crippen LogP contribution in [0, 0.1) is 11.3 Å². The molecule has 0 aromatic carbocycles. The second-order valence-electron chi connectivity index (χ2n) is 7.34. The molecule has 1 atom stereocenters. The first-order chi connectivity index (χ1) is 12.3. The summed E-state index contributed by atoms with van der Waals surface area (Å²) in [6.07, 6.45) is 1.30. The molecule has 0 spiro atoms. The Morgan fingerprint density at radius 1 is 1.54 bits per heavy atom. The molecule has 3 N–H and O–H groups in total. The maximum atomic E-state index is 12.1. The van der Waals surface area contributed by atoms with Crippen LogP contribution in [0.1, 0.15) is 32.9 Å². The summed E-state index contributed by atoms with van der Waals surface area (Å²) in [5.41, 5.74) is -0.808. The number of H-pyrrole nitrogens is 1. The number of alkyl carbamates (subject to hydrolysis) is 1. The fraction of sp³-hybridized carbons (Fsp3) is 0.562. The normalized spacial score (nSPS) is 20.2. The van der Waals surface area contributed by atoms with Crippen LogP contribution >= 0.6 is 0 Å². The summed E-state index contributed by atoms with van der Waals surface area (Å²) in [5, 5.41) is 29.1. The number of fused-ring (bicyclic) bond motifs is 1. The number of aromatic amines is 1. The summed E-state index contributed by atoms with van der Waals surface area (Å²) >= 11 is 0. The van der Waals surface area contributed by atoms with Crippen LogP contribution < -0.4 is 10.2 Å². The Morgan fingerprint density at radius 3 is 2.96 bits per heavy atom. The zero-order valence-electron chi connectivity index (χ0n) is 14.9. The van der Waals surface area contributed by atoms with Gasteiger partial charge in [-0.1, -0.05) is 0 Å². The van der Waals surface area contributed by atoms with Crippen LogP contribution in [-0.2, 0) is 4.74 Å². The van der Waals surface area contributed by atoms with Crippen molar-refractivity contribution in [2.75, 3.05) is 24.6 Å². The molecule has 1 unspecified atom stereocenters. The molecule has 3 rings (SSSR count). The highest BCUT2D eigenvalue weighted by Crippen LogP contribution is 2.31. The standard InChI is InChI=1S/C16H21N7O3/c1-15(2,3)26-14(25)20-16(8-24)4-5-23(7-16)13-11-10(6-17)21-22-12(11)18-9-19-13/h9,24H,4-5,7-8H2,1-3H3,(H,20,25)(H,18,19,21,22). The highest BCUT2D eigenvalue weighted by Gasteiger charge is 2.41. The van der Waals surface area contributed by atoms with Crippen molar-refractivity contribution < 1.29 is 14.6 Å². The van der Waals surface area contributed by atoms with Gasteiger partial charge in [0.05, 0.1) is 17.5 Å². The number of hydrogen-bond donors (Lipinski definition) is 3. The molecule has 138 valence electrons. The quantitative estimate of drug-likeness (QED) is 0.727. The number of hydrogen-bond acceptors (Lipinski definition) is 8. The monoisotopic (exact) mass is 359 g/mol. The highest BCUT2D eigenvalue weighted by atomic mass is 16.6. The van der Waals surface area contributed by atoms with E-state index in [4.69, 9.17) is 4.74 Å². The fourth-order valence-corrected chi connectivity index (χ4v) is 3.01. The molecule has 3 heterocycles. The minimum atomic E-state index is -0.851. The van der Waals surface area contributed by atoms with E-state index in [1.165, 1.54) is 6.33 Å². The number of aromatic nitrogens is 4. The molecule has 0 aliphatic carbocycles. The zero-order chi connectivity index (χ0) is 18.9. The molecule has 1 aliphatic heterocycles. The Balaban J connectivity index is 1.84. The number of nitrogens with zero attached hydrogens (tertiary/aromatic N) is 5. The average molecular weight is 359 g/mol. The van der Waals surface area contributed by atoms with Crippen molar-refractivity contribution >= 4 is 22.9 Å². The van der Waals surface area contributed by atoms with Gasteiger partial charge in [-0.25, -0.2) is 14.8 Å².